The number of halogens is 2. The molecule has 18 heavy (non-hydrogen) atoms. The average molecular weight is 260 g/mol. The smallest absolute Gasteiger partial charge is 0.364 e. The highest BCUT2D eigenvalue weighted by Crippen LogP contribution is 2.26. The van der Waals surface area contributed by atoms with Gasteiger partial charge >= 0.3 is 18.2 Å². The van der Waals surface area contributed by atoms with Crippen LogP contribution in [0.4, 0.5) is 14.6 Å². The van der Waals surface area contributed by atoms with E-state index in [1.807, 2.05) is 0 Å². The van der Waals surface area contributed by atoms with Crippen LogP contribution in [0.2, 0.25) is 0 Å². The van der Waals surface area contributed by atoms with Crippen LogP contribution in [0.3, 0.4) is 0 Å². The van der Waals surface area contributed by atoms with Gasteiger partial charge in [0.25, 0.3) is 0 Å². The van der Waals surface area contributed by atoms with Gasteiger partial charge in [-0.25, -0.2) is 13.6 Å². The Hall–Kier alpha value is -2.12. The van der Waals surface area contributed by atoms with Crippen molar-refractivity contribution in [1.29, 1.82) is 0 Å². The second-order valence-corrected chi connectivity index (χ2v) is 3.32. The molecule has 98 valence electrons. The molecule has 1 aromatic heterocycles. The molecule has 0 unspecified atom stereocenters. The number of nitrogens with zero attached hydrogens (tertiary/aromatic N) is 2. The molecule has 0 saturated carbocycles. The van der Waals surface area contributed by atoms with E-state index in [4.69, 9.17) is 0 Å². The van der Waals surface area contributed by atoms with E-state index in [0.29, 0.717) is 0 Å². The largest absolute Gasteiger partial charge is 0.462 e. The third kappa shape index (κ3) is 2.76. The van der Waals surface area contributed by atoms with Crippen LogP contribution in [0.5, 0.6) is 0 Å². The molecule has 1 rings (SSSR count). The summed E-state index contributed by atoms with van der Waals surface area (Å²) in [4.78, 5) is 24.3. The van der Waals surface area contributed by atoms with Gasteiger partial charge < -0.3 is 14.9 Å². The third-order valence-corrected chi connectivity index (χ3v) is 2.19. The normalized spacial score (nSPS) is 10.5. The summed E-state index contributed by atoms with van der Waals surface area (Å²) in [7, 11) is 0. The second-order valence-electron chi connectivity index (χ2n) is 3.32. The molecule has 0 spiro atoms. The molecule has 0 N–H and O–H groups in total. The molecule has 0 aliphatic heterocycles. The summed E-state index contributed by atoms with van der Waals surface area (Å²) in [6.45, 7) is 2.82. The van der Waals surface area contributed by atoms with Gasteiger partial charge in [-0.1, -0.05) is 0 Å². The van der Waals surface area contributed by atoms with Gasteiger partial charge in [0.2, 0.25) is 5.69 Å². The van der Waals surface area contributed by atoms with Gasteiger partial charge in [-0.15, -0.1) is 0 Å². The van der Waals surface area contributed by atoms with Gasteiger partial charge in [-0.3, -0.25) is 0 Å². The highest BCUT2D eigenvalue weighted by atomic mass is 19.3. The van der Waals surface area contributed by atoms with Gasteiger partial charge in [0, 0.05) is 5.56 Å². The molecular formula is C10H10F2N2O4. The fourth-order valence-corrected chi connectivity index (χ4v) is 1.34. The monoisotopic (exact) mass is 260 g/mol. The van der Waals surface area contributed by atoms with Crippen LogP contribution in [0.1, 0.15) is 35.0 Å². The lowest BCUT2D eigenvalue weighted by molar-refractivity contribution is -0.389. The lowest BCUT2D eigenvalue weighted by Crippen LogP contribution is -2.11. The van der Waals surface area contributed by atoms with Gasteiger partial charge in [0.1, 0.15) is 0 Å². The van der Waals surface area contributed by atoms with Crippen LogP contribution in [-0.2, 0) is 4.74 Å². The first kappa shape index (κ1) is 13.9. The molecule has 6 nitrogen and oxygen atoms in total. The Morgan fingerprint density at radius 1 is 1.61 bits per heavy atom. The molecule has 1 heterocycles. The van der Waals surface area contributed by atoms with Crippen LogP contribution >= 0.6 is 0 Å². The van der Waals surface area contributed by atoms with Crippen LogP contribution in [0.15, 0.2) is 6.07 Å². The van der Waals surface area contributed by atoms with Gasteiger partial charge in [0.15, 0.2) is 0 Å². The highest BCUT2D eigenvalue weighted by Gasteiger charge is 2.27. The van der Waals surface area contributed by atoms with Crippen molar-refractivity contribution in [3.05, 3.63) is 33.0 Å². The third-order valence-electron chi connectivity index (χ3n) is 2.19. The van der Waals surface area contributed by atoms with Crippen LogP contribution in [0, 0.1) is 17.0 Å². The molecule has 1 aromatic rings. The number of carbonyl (C=O) groups excluding carboxylic acids is 1. The number of carbonyl (C=O) groups is 1. The lowest BCUT2D eigenvalue weighted by Gasteiger charge is -2.07. The van der Waals surface area contributed by atoms with E-state index in [9.17, 15) is 23.7 Å². The summed E-state index contributed by atoms with van der Waals surface area (Å²) in [6, 6.07) is 0.833. The summed E-state index contributed by atoms with van der Waals surface area (Å²) in [5.74, 6) is -1.69. The second kappa shape index (κ2) is 5.48. The molecule has 0 radical (unpaired) electrons. The Kier molecular flexibility index (Phi) is 4.24. The SMILES string of the molecule is CCOC(=O)c1cc([N+](=O)[O-])nc(C(F)F)c1C. The first-order chi connectivity index (χ1) is 8.38. The Labute approximate surface area is 101 Å². The van der Waals surface area contributed by atoms with E-state index >= 15 is 0 Å². The average Bonchev–Trinajstić information content (AvgIpc) is 2.28. The Morgan fingerprint density at radius 3 is 2.67 bits per heavy atom. The minimum absolute atomic E-state index is 0.0401. The predicted molar refractivity (Wildman–Crippen MR) is 56.5 cm³/mol. The predicted octanol–water partition coefficient (Wildman–Crippen LogP) is 2.41. The van der Waals surface area contributed by atoms with Crippen molar-refractivity contribution in [1.82, 2.24) is 4.98 Å². The van der Waals surface area contributed by atoms with E-state index in [1.165, 1.54) is 13.8 Å². The summed E-state index contributed by atoms with van der Waals surface area (Å²) in [5.41, 5.74) is -1.17. The van der Waals surface area contributed by atoms with Crippen molar-refractivity contribution in [2.75, 3.05) is 6.61 Å². The molecule has 0 amide bonds. The number of pyridine rings is 1. The van der Waals surface area contributed by atoms with E-state index in [1.54, 1.807) is 0 Å². The maximum absolute atomic E-state index is 12.7. The Morgan fingerprint density at radius 2 is 2.22 bits per heavy atom. The quantitative estimate of drug-likeness (QED) is 0.471. The van der Waals surface area contributed by atoms with E-state index in [-0.39, 0.29) is 17.7 Å². The van der Waals surface area contributed by atoms with Crippen molar-refractivity contribution >= 4 is 11.8 Å². The van der Waals surface area contributed by atoms with E-state index in [2.05, 4.69) is 9.72 Å². The minimum Gasteiger partial charge on any atom is -0.462 e. The summed E-state index contributed by atoms with van der Waals surface area (Å²) in [6.07, 6.45) is -3.00. The van der Waals surface area contributed by atoms with Gasteiger partial charge in [-0.05, 0) is 23.8 Å². The van der Waals surface area contributed by atoms with Crippen LogP contribution < -0.4 is 0 Å². The molecular weight excluding hydrogens is 250 g/mol. The number of ether oxygens (including phenoxy) is 1. The zero-order chi connectivity index (χ0) is 13.9. The van der Waals surface area contributed by atoms with E-state index in [0.717, 1.165) is 6.07 Å². The van der Waals surface area contributed by atoms with Crippen molar-refractivity contribution in [3.8, 4) is 0 Å². The van der Waals surface area contributed by atoms with E-state index < -0.39 is 28.8 Å². The number of hydrogen-bond donors (Lipinski definition) is 0. The number of rotatable bonds is 4. The van der Waals surface area contributed by atoms with Crippen LogP contribution in [0.25, 0.3) is 0 Å². The number of aromatic nitrogens is 1. The zero-order valence-corrected chi connectivity index (χ0v) is 9.65. The number of esters is 1. The maximum atomic E-state index is 12.7. The first-order valence-electron chi connectivity index (χ1n) is 4.99. The molecule has 0 aromatic carbocycles. The molecule has 8 heteroatoms. The minimum atomic E-state index is -3.00. The summed E-state index contributed by atoms with van der Waals surface area (Å²) >= 11 is 0. The summed E-state index contributed by atoms with van der Waals surface area (Å²) < 4.78 is 30.0. The Bertz CT molecular complexity index is 491. The van der Waals surface area contributed by atoms with Gasteiger partial charge in [0.05, 0.1) is 18.2 Å². The van der Waals surface area contributed by atoms with Crippen molar-refractivity contribution in [2.24, 2.45) is 0 Å². The lowest BCUT2D eigenvalue weighted by atomic mass is 10.1. The fourth-order valence-electron chi connectivity index (χ4n) is 1.34. The molecule has 0 atom stereocenters. The van der Waals surface area contributed by atoms with Crippen molar-refractivity contribution in [3.63, 3.8) is 0 Å². The topological polar surface area (TPSA) is 82.3 Å². The standard InChI is InChI=1S/C10H10F2N2O4/c1-3-18-10(15)6-4-7(14(16)17)13-8(5(6)2)9(11)12/h4,9H,3H2,1-2H3. The molecule has 0 aliphatic carbocycles. The fraction of sp³-hybridized carbons (Fsp3) is 0.400. The number of nitro groups is 1. The Balaban J connectivity index is 3.40. The van der Waals surface area contributed by atoms with Crippen molar-refractivity contribution in [2.45, 2.75) is 20.3 Å². The van der Waals surface area contributed by atoms with Crippen LogP contribution in [-0.4, -0.2) is 22.5 Å². The number of hydrogen-bond acceptors (Lipinski definition) is 5. The number of alkyl halides is 2. The molecule has 0 bridgehead atoms. The highest BCUT2D eigenvalue weighted by molar-refractivity contribution is 5.91. The molecule has 0 aliphatic rings. The first-order valence-corrected chi connectivity index (χ1v) is 4.99. The molecule has 0 fully saturated rings. The maximum Gasteiger partial charge on any atom is 0.364 e. The zero-order valence-electron chi connectivity index (χ0n) is 9.65. The van der Waals surface area contributed by atoms with Crippen molar-refractivity contribution < 1.29 is 23.2 Å². The summed E-state index contributed by atoms with van der Waals surface area (Å²) in [5, 5.41) is 10.6. The van der Waals surface area contributed by atoms with Gasteiger partial charge in [-0.2, -0.15) is 0 Å². The molecule has 0 saturated heterocycles.